The molecular formula is C9H18N3O3S+. The number of hydrogen-bond acceptors (Lipinski definition) is 5. The van der Waals surface area contributed by atoms with Gasteiger partial charge in [-0.3, -0.25) is 19.4 Å². The average Bonchev–Trinajstić information content (AvgIpc) is 2.25. The molecule has 2 N–H and O–H groups in total. The Morgan fingerprint density at radius 2 is 2.31 bits per heavy atom. The van der Waals surface area contributed by atoms with Gasteiger partial charge in [0, 0.05) is 12.8 Å². The fourth-order valence-electron chi connectivity index (χ4n) is 1.97. The summed E-state index contributed by atoms with van der Waals surface area (Å²) in [4.78, 5) is 0. The molecule has 0 aromatic heterocycles. The van der Waals surface area contributed by atoms with Crippen LogP contribution in [0.5, 0.6) is 0 Å². The van der Waals surface area contributed by atoms with E-state index in [1.54, 1.807) is 0 Å². The lowest BCUT2D eigenvalue weighted by Gasteiger charge is -2.27. The van der Waals surface area contributed by atoms with Gasteiger partial charge in [0.05, 0.1) is 32.5 Å². The first-order valence-electron chi connectivity index (χ1n) is 5.51. The first kappa shape index (κ1) is 11.7. The smallest absolute Gasteiger partial charge is 0.278 e. The fraction of sp³-hybridized carbons (Fsp3) is 0.889. The summed E-state index contributed by atoms with van der Waals surface area (Å²) in [5, 5.41) is 6.54. The third kappa shape index (κ3) is 3.08. The topological polar surface area (TPSA) is 70.4 Å². The molecule has 0 aromatic rings. The van der Waals surface area contributed by atoms with Gasteiger partial charge in [0.25, 0.3) is 10.1 Å². The minimum absolute atomic E-state index is 0.0755. The van der Waals surface area contributed by atoms with Gasteiger partial charge in [0.1, 0.15) is 6.04 Å². The lowest BCUT2D eigenvalue weighted by molar-refractivity contribution is -0.541. The van der Waals surface area contributed by atoms with Crippen LogP contribution in [0.1, 0.15) is 12.8 Å². The van der Waals surface area contributed by atoms with Gasteiger partial charge in [-0.1, -0.05) is 0 Å². The summed E-state index contributed by atoms with van der Waals surface area (Å²) in [5.74, 6) is 1.01. The van der Waals surface area contributed by atoms with Crippen molar-refractivity contribution in [3.63, 3.8) is 0 Å². The summed E-state index contributed by atoms with van der Waals surface area (Å²) >= 11 is 0. The van der Waals surface area contributed by atoms with Crippen molar-refractivity contribution >= 4 is 16.1 Å². The van der Waals surface area contributed by atoms with Gasteiger partial charge in [-0.15, -0.1) is 0 Å². The first-order chi connectivity index (χ1) is 7.54. The second kappa shape index (κ2) is 4.58. The van der Waals surface area contributed by atoms with Crippen LogP contribution in [0.2, 0.25) is 0 Å². The highest BCUT2D eigenvalue weighted by Gasteiger charge is 2.28. The van der Waals surface area contributed by atoms with Crippen LogP contribution in [0.4, 0.5) is 0 Å². The van der Waals surface area contributed by atoms with E-state index in [0.29, 0.717) is 0 Å². The molecule has 0 bridgehead atoms. The van der Waals surface area contributed by atoms with E-state index in [0.717, 1.165) is 44.7 Å². The minimum atomic E-state index is -3.34. The van der Waals surface area contributed by atoms with Crippen LogP contribution >= 0.6 is 0 Å². The van der Waals surface area contributed by atoms with Gasteiger partial charge in [0.15, 0.2) is 0 Å². The maximum Gasteiger partial charge on any atom is 0.346 e. The largest absolute Gasteiger partial charge is 0.346 e. The Bertz CT molecular complexity index is 391. The Balaban J connectivity index is 1.89. The summed E-state index contributed by atoms with van der Waals surface area (Å²) in [7, 11) is -3.34. The molecule has 0 spiro atoms. The van der Waals surface area contributed by atoms with Crippen molar-refractivity contribution in [2.24, 2.45) is 0 Å². The lowest BCUT2D eigenvalue weighted by Crippen LogP contribution is -2.57. The predicted molar refractivity (Wildman–Crippen MR) is 60.0 cm³/mol. The number of hydrogen-bond donors (Lipinski definition) is 2. The van der Waals surface area contributed by atoms with Crippen molar-refractivity contribution in [2.75, 3.05) is 32.5 Å². The van der Waals surface area contributed by atoms with Crippen LogP contribution in [0.25, 0.3) is 0 Å². The molecule has 2 aliphatic rings. The Morgan fingerprint density at radius 1 is 1.50 bits per heavy atom. The van der Waals surface area contributed by atoms with Crippen molar-refractivity contribution in [3.8, 4) is 0 Å². The monoisotopic (exact) mass is 248 g/mol. The van der Waals surface area contributed by atoms with E-state index < -0.39 is 10.1 Å². The molecule has 0 unspecified atom stereocenters. The molecule has 2 rings (SSSR count). The van der Waals surface area contributed by atoms with E-state index in [1.165, 1.54) is 0 Å². The van der Waals surface area contributed by atoms with Gasteiger partial charge in [-0.25, -0.2) is 0 Å². The number of nitrogens with one attached hydrogen (secondary N) is 2. The standard InChI is InChI=1S/C9H17N3O3S/c1-16(13,14)15-7-8-3-6-12-5-2-4-10-9(12)11-8/h8H,2-7H2,1H3,(H,10,11)/p+1/t8-/m0/s1. The van der Waals surface area contributed by atoms with Crippen LogP contribution in [-0.4, -0.2) is 57.5 Å². The number of guanidine groups is 1. The van der Waals surface area contributed by atoms with Gasteiger partial charge < -0.3 is 0 Å². The van der Waals surface area contributed by atoms with E-state index in [2.05, 4.69) is 15.2 Å². The first-order valence-corrected chi connectivity index (χ1v) is 7.33. The molecule has 0 fully saturated rings. The average molecular weight is 248 g/mol. The van der Waals surface area contributed by atoms with Gasteiger partial charge >= 0.3 is 5.96 Å². The maximum atomic E-state index is 10.9. The Hall–Kier alpha value is -0.820. The van der Waals surface area contributed by atoms with Crippen molar-refractivity contribution < 1.29 is 17.2 Å². The second-order valence-corrected chi connectivity index (χ2v) is 5.88. The third-order valence-electron chi connectivity index (χ3n) is 2.79. The minimum Gasteiger partial charge on any atom is -0.278 e. The molecule has 16 heavy (non-hydrogen) atoms. The molecule has 2 heterocycles. The van der Waals surface area contributed by atoms with Crippen LogP contribution < -0.4 is 10.6 Å². The molecule has 0 aliphatic carbocycles. The summed E-state index contributed by atoms with van der Waals surface area (Å²) in [6.07, 6.45) is 3.13. The molecule has 0 saturated heterocycles. The van der Waals surface area contributed by atoms with Gasteiger partial charge in [0.2, 0.25) is 0 Å². The van der Waals surface area contributed by atoms with E-state index in [4.69, 9.17) is 4.18 Å². The highest BCUT2D eigenvalue weighted by Crippen LogP contribution is 2.04. The zero-order valence-electron chi connectivity index (χ0n) is 9.40. The maximum absolute atomic E-state index is 10.9. The number of nitrogens with zero attached hydrogens (tertiary/aromatic N) is 1. The zero-order chi connectivity index (χ0) is 11.6. The SMILES string of the molecule is CS(=O)(=O)OC[C@@H]1CC[N+]2=C(NCCC2)N1. The summed E-state index contributed by atoms with van der Waals surface area (Å²) in [6, 6.07) is 0.0755. The zero-order valence-corrected chi connectivity index (χ0v) is 10.2. The normalized spacial score (nSPS) is 25.7. The Labute approximate surface area is 95.8 Å². The fourth-order valence-corrected chi connectivity index (χ4v) is 2.39. The molecule has 0 amide bonds. The van der Waals surface area contributed by atoms with E-state index in [-0.39, 0.29) is 12.6 Å². The summed E-state index contributed by atoms with van der Waals surface area (Å²) in [5.41, 5.74) is 0. The van der Waals surface area contributed by atoms with E-state index in [1.807, 2.05) is 0 Å². The van der Waals surface area contributed by atoms with E-state index >= 15 is 0 Å². The van der Waals surface area contributed by atoms with Crippen LogP contribution in [0.3, 0.4) is 0 Å². The van der Waals surface area contributed by atoms with E-state index in [9.17, 15) is 8.42 Å². The highest BCUT2D eigenvalue weighted by atomic mass is 32.2. The van der Waals surface area contributed by atoms with Crippen molar-refractivity contribution in [1.82, 2.24) is 10.6 Å². The van der Waals surface area contributed by atoms with Crippen molar-refractivity contribution in [3.05, 3.63) is 0 Å². The predicted octanol–water partition coefficient (Wildman–Crippen LogP) is -1.31. The Kier molecular flexibility index (Phi) is 3.34. The quantitative estimate of drug-likeness (QED) is 0.479. The molecular weight excluding hydrogens is 230 g/mol. The summed E-state index contributed by atoms with van der Waals surface area (Å²) in [6.45, 7) is 3.19. The molecule has 0 radical (unpaired) electrons. The lowest BCUT2D eigenvalue weighted by atomic mass is 10.1. The molecule has 0 aromatic carbocycles. The van der Waals surface area contributed by atoms with Crippen LogP contribution in [0.15, 0.2) is 0 Å². The molecule has 7 heteroatoms. The summed E-state index contributed by atoms with van der Waals surface area (Å²) < 4.78 is 28.8. The third-order valence-corrected chi connectivity index (χ3v) is 3.35. The molecule has 6 nitrogen and oxygen atoms in total. The van der Waals surface area contributed by atoms with Crippen molar-refractivity contribution in [1.29, 1.82) is 0 Å². The number of rotatable bonds is 3. The van der Waals surface area contributed by atoms with Crippen LogP contribution in [-0.2, 0) is 14.3 Å². The van der Waals surface area contributed by atoms with Gasteiger partial charge in [-0.2, -0.15) is 8.42 Å². The molecule has 1 atom stereocenters. The Morgan fingerprint density at radius 3 is 3.06 bits per heavy atom. The molecule has 92 valence electrons. The molecule has 2 aliphatic heterocycles. The molecule has 0 saturated carbocycles. The van der Waals surface area contributed by atoms with Crippen LogP contribution in [0, 0.1) is 0 Å². The second-order valence-electron chi connectivity index (χ2n) is 4.23. The van der Waals surface area contributed by atoms with Gasteiger partial charge in [-0.05, 0) is 0 Å². The highest BCUT2D eigenvalue weighted by molar-refractivity contribution is 7.85. The van der Waals surface area contributed by atoms with Crippen molar-refractivity contribution in [2.45, 2.75) is 18.9 Å².